The Morgan fingerprint density at radius 1 is 1.17 bits per heavy atom. The summed E-state index contributed by atoms with van der Waals surface area (Å²) in [5.74, 6) is 0.647. The molecule has 6 heteroatoms. The largest absolute Gasteiger partial charge is 0.496 e. The molecule has 2 aromatic heterocycles. The SMILES string of the molecule is COc1c(/C=C/c2ccc(N)nc2)cc(-c2cc(F)c[nH]c2=O)cc1C(C)(C)C. The van der Waals surface area contributed by atoms with E-state index in [4.69, 9.17) is 10.5 Å². The van der Waals surface area contributed by atoms with Crippen LogP contribution in [-0.4, -0.2) is 17.1 Å². The summed E-state index contributed by atoms with van der Waals surface area (Å²) < 4.78 is 19.5. The van der Waals surface area contributed by atoms with Crippen molar-refractivity contribution in [2.24, 2.45) is 0 Å². The Morgan fingerprint density at radius 3 is 2.55 bits per heavy atom. The minimum Gasteiger partial charge on any atom is -0.496 e. The van der Waals surface area contributed by atoms with Crippen LogP contribution < -0.4 is 16.0 Å². The molecule has 2 heterocycles. The summed E-state index contributed by atoms with van der Waals surface area (Å²) in [7, 11) is 1.61. The molecule has 1 aromatic carbocycles. The fourth-order valence-electron chi connectivity index (χ4n) is 3.09. The zero-order valence-electron chi connectivity index (χ0n) is 16.9. The smallest absolute Gasteiger partial charge is 0.256 e. The van der Waals surface area contributed by atoms with Gasteiger partial charge >= 0.3 is 0 Å². The van der Waals surface area contributed by atoms with Gasteiger partial charge in [0.15, 0.2) is 0 Å². The number of aromatic amines is 1. The molecular weight excluding hydrogens is 369 g/mol. The zero-order valence-corrected chi connectivity index (χ0v) is 16.9. The highest BCUT2D eigenvalue weighted by molar-refractivity contribution is 5.78. The number of nitrogen functional groups attached to an aromatic ring is 1. The number of hydrogen-bond acceptors (Lipinski definition) is 4. The molecule has 0 amide bonds. The van der Waals surface area contributed by atoms with Crippen molar-refractivity contribution in [2.75, 3.05) is 12.8 Å². The number of nitrogens with one attached hydrogen (secondary N) is 1. The molecule has 0 fully saturated rings. The highest BCUT2D eigenvalue weighted by atomic mass is 19.1. The molecule has 3 rings (SSSR count). The number of benzene rings is 1. The molecule has 0 spiro atoms. The van der Waals surface area contributed by atoms with E-state index < -0.39 is 5.82 Å². The highest BCUT2D eigenvalue weighted by Crippen LogP contribution is 2.38. The van der Waals surface area contributed by atoms with E-state index in [0.717, 1.165) is 22.9 Å². The van der Waals surface area contributed by atoms with Crippen LogP contribution in [0.1, 0.15) is 37.5 Å². The lowest BCUT2D eigenvalue weighted by atomic mass is 9.83. The average Bonchev–Trinajstić information content (AvgIpc) is 2.68. The number of halogens is 1. The fraction of sp³-hybridized carbons (Fsp3) is 0.217. The third-order valence-corrected chi connectivity index (χ3v) is 4.57. The summed E-state index contributed by atoms with van der Waals surface area (Å²) in [6.45, 7) is 6.17. The maximum Gasteiger partial charge on any atom is 0.256 e. The number of ether oxygens (including phenoxy) is 1. The predicted octanol–water partition coefficient (Wildman–Crippen LogP) is 4.63. The third kappa shape index (κ3) is 4.54. The van der Waals surface area contributed by atoms with Gasteiger partial charge in [0.05, 0.1) is 7.11 Å². The van der Waals surface area contributed by atoms with Crippen LogP contribution in [0.5, 0.6) is 5.75 Å². The lowest BCUT2D eigenvalue weighted by Crippen LogP contribution is -2.15. The zero-order chi connectivity index (χ0) is 21.2. The molecule has 150 valence electrons. The molecule has 0 aliphatic heterocycles. The molecule has 0 saturated carbocycles. The van der Waals surface area contributed by atoms with Crippen LogP contribution in [0.3, 0.4) is 0 Å². The lowest BCUT2D eigenvalue weighted by molar-refractivity contribution is 0.397. The van der Waals surface area contributed by atoms with Crippen molar-refractivity contribution in [3.63, 3.8) is 0 Å². The van der Waals surface area contributed by atoms with Gasteiger partial charge in [0.1, 0.15) is 17.4 Å². The minimum atomic E-state index is -0.502. The van der Waals surface area contributed by atoms with Crippen LogP contribution in [0.25, 0.3) is 23.3 Å². The summed E-state index contributed by atoms with van der Waals surface area (Å²) in [5.41, 5.74) is 8.47. The van der Waals surface area contributed by atoms with Gasteiger partial charge in [-0.1, -0.05) is 32.9 Å². The molecule has 0 saturated heterocycles. The second-order valence-electron chi connectivity index (χ2n) is 7.81. The van der Waals surface area contributed by atoms with E-state index in [1.165, 1.54) is 6.07 Å². The van der Waals surface area contributed by atoms with Crippen LogP contribution >= 0.6 is 0 Å². The standard InChI is InChI=1S/C23H24FN3O2/c1-23(2,3)19-10-16(18-11-17(24)13-27-22(18)28)9-15(21(19)29-4)7-5-14-6-8-20(25)26-12-14/h5-13H,1-4H3,(H2,25,26)(H,27,28)/b7-5+. The van der Waals surface area contributed by atoms with Gasteiger partial charge in [-0.3, -0.25) is 4.79 Å². The first-order valence-corrected chi connectivity index (χ1v) is 9.20. The number of anilines is 1. The average molecular weight is 393 g/mol. The van der Waals surface area contributed by atoms with E-state index in [1.807, 2.05) is 30.4 Å². The Labute approximate surface area is 169 Å². The van der Waals surface area contributed by atoms with Gasteiger partial charge in [-0.05, 0) is 46.9 Å². The van der Waals surface area contributed by atoms with Crippen LogP contribution in [-0.2, 0) is 5.41 Å². The number of rotatable bonds is 4. The topological polar surface area (TPSA) is 81.0 Å². The number of pyridine rings is 2. The van der Waals surface area contributed by atoms with E-state index in [1.54, 1.807) is 19.4 Å². The molecule has 0 atom stereocenters. The van der Waals surface area contributed by atoms with Crippen molar-refractivity contribution in [2.45, 2.75) is 26.2 Å². The molecule has 0 aliphatic carbocycles. The molecule has 3 N–H and O–H groups in total. The maximum absolute atomic E-state index is 13.8. The van der Waals surface area contributed by atoms with Crippen molar-refractivity contribution in [3.05, 3.63) is 75.6 Å². The van der Waals surface area contributed by atoms with Gasteiger partial charge in [-0.25, -0.2) is 9.37 Å². The van der Waals surface area contributed by atoms with E-state index in [9.17, 15) is 9.18 Å². The normalized spacial score (nSPS) is 11.8. The molecule has 0 bridgehead atoms. The first-order valence-electron chi connectivity index (χ1n) is 9.20. The van der Waals surface area contributed by atoms with Gasteiger partial charge in [0, 0.05) is 29.1 Å². The number of hydrogen-bond donors (Lipinski definition) is 2. The molecule has 0 unspecified atom stereocenters. The summed E-state index contributed by atoms with van der Waals surface area (Å²) in [6, 6.07) is 8.52. The molecule has 5 nitrogen and oxygen atoms in total. The van der Waals surface area contributed by atoms with Crippen LogP contribution in [0.15, 0.2) is 47.5 Å². The van der Waals surface area contributed by atoms with Gasteiger partial charge in [-0.15, -0.1) is 0 Å². The summed E-state index contributed by atoms with van der Waals surface area (Å²) in [6.07, 6.45) is 6.49. The lowest BCUT2D eigenvalue weighted by Gasteiger charge is -2.24. The molecule has 3 aromatic rings. The Hall–Kier alpha value is -3.41. The monoisotopic (exact) mass is 393 g/mol. The van der Waals surface area contributed by atoms with Crippen molar-refractivity contribution in [3.8, 4) is 16.9 Å². The van der Waals surface area contributed by atoms with Crippen LogP contribution in [0.2, 0.25) is 0 Å². The Balaban J connectivity index is 2.21. The first kappa shape index (κ1) is 20.3. The van der Waals surface area contributed by atoms with Gasteiger partial charge in [0.2, 0.25) is 0 Å². The molecular formula is C23H24FN3O2. The maximum atomic E-state index is 13.8. The van der Waals surface area contributed by atoms with Crippen LogP contribution in [0.4, 0.5) is 10.2 Å². The second-order valence-corrected chi connectivity index (χ2v) is 7.81. The Kier molecular flexibility index (Phi) is 5.55. The summed E-state index contributed by atoms with van der Waals surface area (Å²) >= 11 is 0. The van der Waals surface area contributed by atoms with E-state index in [-0.39, 0.29) is 16.5 Å². The summed E-state index contributed by atoms with van der Waals surface area (Å²) in [4.78, 5) is 18.8. The minimum absolute atomic E-state index is 0.257. The van der Waals surface area contributed by atoms with Crippen molar-refractivity contribution in [1.82, 2.24) is 9.97 Å². The number of H-pyrrole nitrogens is 1. The fourth-order valence-corrected chi connectivity index (χ4v) is 3.09. The quantitative estimate of drug-likeness (QED) is 0.677. The Bertz CT molecular complexity index is 1110. The van der Waals surface area contributed by atoms with E-state index >= 15 is 0 Å². The van der Waals surface area contributed by atoms with Crippen molar-refractivity contribution < 1.29 is 9.13 Å². The first-order chi connectivity index (χ1) is 13.7. The Morgan fingerprint density at radius 2 is 1.93 bits per heavy atom. The number of nitrogens with two attached hydrogens (primary N) is 1. The van der Waals surface area contributed by atoms with Gasteiger partial charge in [-0.2, -0.15) is 0 Å². The van der Waals surface area contributed by atoms with Gasteiger partial charge in [0.25, 0.3) is 5.56 Å². The third-order valence-electron chi connectivity index (χ3n) is 4.57. The van der Waals surface area contributed by atoms with E-state index in [0.29, 0.717) is 17.1 Å². The van der Waals surface area contributed by atoms with E-state index in [2.05, 4.69) is 30.7 Å². The second kappa shape index (κ2) is 7.91. The number of aromatic nitrogens is 2. The highest BCUT2D eigenvalue weighted by Gasteiger charge is 2.23. The molecule has 29 heavy (non-hydrogen) atoms. The van der Waals surface area contributed by atoms with Crippen molar-refractivity contribution >= 4 is 18.0 Å². The molecule has 0 aliphatic rings. The molecule has 0 radical (unpaired) electrons. The predicted molar refractivity (Wildman–Crippen MR) is 115 cm³/mol. The number of methoxy groups -OCH3 is 1. The van der Waals surface area contributed by atoms with Gasteiger partial charge < -0.3 is 15.5 Å². The van der Waals surface area contributed by atoms with Crippen molar-refractivity contribution in [1.29, 1.82) is 0 Å². The van der Waals surface area contributed by atoms with Crippen LogP contribution in [0, 0.1) is 5.82 Å². The number of nitrogens with zero attached hydrogens (tertiary/aromatic N) is 1. The summed E-state index contributed by atoms with van der Waals surface area (Å²) in [5, 5.41) is 0.